The molecule has 0 aliphatic heterocycles. The molecule has 4 heteroatoms. The number of ether oxygens (including phenoxy) is 1. The smallest absolute Gasteiger partial charge is 0.119 e. The van der Waals surface area contributed by atoms with E-state index in [9.17, 15) is 5.11 Å². The number of hydrogen-bond acceptors (Lipinski definition) is 3. The zero-order valence-electron chi connectivity index (χ0n) is 14.2. The van der Waals surface area contributed by atoms with Crippen molar-refractivity contribution in [2.75, 3.05) is 7.11 Å². The molecule has 0 bridgehead atoms. The van der Waals surface area contributed by atoms with E-state index in [1.165, 1.54) is 16.4 Å². The Morgan fingerprint density at radius 1 is 1.22 bits per heavy atom. The van der Waals surface area contributed by atoms with Crippen LogP contribution in [0.5, 0.6) is 11.5 Å². The van der Waals surface area contributed by atoms with Crippen molar-refractivity contribution in [3.8, 4) is 11.5 Å². The molecular formula is C19H25O2PS. The number of benzene rings is 2. The number of thiol groups is 1. The lowest BCUT2D eigenvalue weighted by Crippen LogP contribution is -2.20. The number of methoxy groups -OCH3 is 1. The van der Waals surface area contributed by atoms with Crippen LogP contribution in [0.4, 0.5) is 0 Å². The van der Waals surface area contributed by atoms with Gasteiger partial charge in [0.15, 0.2) is 0 Å². The van der Waals surface area contributed by atoms with Crippen molar-refractivity contribution in [1.29, 1.82) is 0 Å². The molecule has 0 aliphatic carbocycles. The molecule has 124 valence electrons. The summed E-state index contributed by atoms with van der Waals surface area (Å²) in [5.74, 6) is 1.84. The van der Waals surface area contributed by atoms with Gasteiger partial charge in [0.25, 0.3) is 0 Å². The minimum absolute atomic E-state index is 0.133. The first-order chi connectivity index (χ1) is 10.9. The van der Waals surface area contributed by atoms with Crippen LogP contribution in [0.3, 0.4) is 0 Å². The molecule has 2 unspecified atom stereocenters. The highest BCUT2D eigenvalue weighted by atomic mass is 32.1. The van der Waals surface area contributed by atoms with Gasteiger partial charge in [0.05, 0.1) is 7.11 Å². The minimum Gasteiger partial charge on any atom is -0.508 e. The van der Waals surface area contributed by atoms with Crippen molar-refractivity contribution in [2.24, 2.45) is 0 Å². The first-order valence-electron chi connectivity index (χ1n) is 7.79. The maximum Gasteiger partial charge on any atom is 0.119 e. The molecule has 0 saturated carbocycles. The van der Waals surface area contributed by atoms with E-state index in [1.807, 2.05) is 6.07 Å². The van der Waals surface area contributed by atoms with Gasteiger partial charge in [-0.2, -0.15) is 12.6 Å². The summed E-state index contributed by atoms with van der Waals surface area (Å²) in [6, 6.07) is 12.0. The molecule has 1 N–H and O–H groups in total. The molecule has 0 amide bonds. The number of aryl methyl sites for hydroxylation is 1. The summed E-state index contributed by atoms with van der Waals surface area (Å²) < 4.78 is 5.34. The third kappa shape index (κ3) is 4.02. The molecule has 0 aromatic heterocycles. The zero-order valence-corrected chi connectivity index (χ0v) is 16.1. The Morgan fingerprint density at radius 2 is 1.96 bits per heavy atom. The van der Waals surface area contributed by atoms with E-state index in [0.29, 0.717) is 14.3 Å². The summed E-state index contributed by atoms with van der Waals surface area (Å²) in [6.45, 7) is 6.48. The molecule has 0 spiro atoms. The Balaban J connectivity index is 2.46. The van der Waals surface area contributed by atoms with Crippen LogP contribution in [-0.4, -0.2) is 12.2 Å². The van der Waals surface area contributed by atoms with Crippen molar-refractivity contribution in [3.63, 3.8) is 0 Å². The Bertz CT molecular complexity index is 687. The molecule has 0 heterocycles. The van der Waals surface area contributed by atoms with Gasteiger partial charge in [-0.05, 0) is 42.4 Å². The topological polar surface area (TPSA) is 29.5 Å². The van der Waals surface area contributed by atoms with Gasteiger partial charge in [-0.15, -0.1) is 0 Å². The Hall–Kier alpha value is -1.18. The maximum atomic E-state index is 10.4. The molecule has 2 atom stereocenters. The molecule has 0 saturated heterocycles. The first kappa shape index (κ1) is 18.2. The van der Waals surface area contributed by atoms with E-state index < -0.39 is 0 Å². The predicted octanol–water partition coefficient (Wildman–Crippen LogP) is 4.77. The van der Waals surface area contributed by atoms with Gasteiger partial charge in [0.2, 0.25) is 0 Å². The van der Waals surface area contributed by atoms with E-state index in [4.69, 9.17) is 4.74 Å². The van der Waals surface area contributed by atoms with E-state index in [1.54, 1.807) is 19.2 Å². The van der Waals surface area contributed by atoms with Crippen LogP contribution in [0.15, 0.2) is 36.4 Å². The van der Waals surface area contributed by atoms with Crippen LogP contribution >= 0.6 is 21.2 Å². The maximum absolute atomic E-state index is 10.4. The molecular weight excluding hydrogens is 323 g/mol. The van der Waals surface area contributed by atoms with Gasteiger partial charge in [0, 0.05) is 16.5 Å². The second kappa shape index (κ2) is 7.59. The monoisotopic (exact) mass is 348 g/mol. The third-order valence-electron chi connectivity index (χ3n) is 4.35. The summed E-state index contributed by atoms with van der Waals surface area (Å²) in [6.07, 6.45) is 0.937. The lowest BCUT2D eigenvalue weighted by molar-refractivity contribution is 0.408. The molecule has 2 rings (SSSR count). The predicted molar refractivity (Wildman–Crippen MR) is 104 cm³/mol. The second-order valence-corrected chi connectivity index (χ2v) is 8.22. The van der Waals surface area contributed by atoms with Crippen molar-refractivity contribution in [1.82, 2.24) is 0 Å². The lowest BCUT2D eigenvalue weighted by atomic mass is 9.96. The fraction of sp³-hybridized carbons (Fsp3) is 0.368. The first-order valence-corrected chi connectivity index (χ1v) is 9.42. The number of hydrogen-bond donors (Lipinski definition) is 2. The quantitative estimate of drug-likeness (QED) is 0.582. The lowest BCUT2D eigenvalue weighted by Gasteiger charge is -2.31. The Morgan fingerprint density at radius 3 is 2.57 bits per heavy atom. The van der Waals surface area contributed by atoms with Crippen molar-refractivity contribution in [3.05, 3.63) is 53.1 Å². The Labute approximate surface area is 146 Å². The largest absolute Gasteiger partial charge is 0.508 e. The van der Waals surface area contributed by atoms with E-state index >= 15 is 0 Å². The van der Waals surface area contributed by atoms with Crippen molar-refractivity contribution >= 4 is 26.5 Å². The van der Waals surface area contributed by atoms with Gasteiger partial charge >= 0.3 is 0 Å². The van der Waals surface area contributed by atoms with Gasteiger partial charge < -0.3 is 9.84 Å². The molecule has 0 fully saturated rings. The third-order valence-corrected chi connectivity index (χ3v) is 6.62. The minimum atomic E-state index is -0.133. The fourth-order valence-corrected chi connectivity index (χ4v) is 4.71. The summed E-state index contributed by atoms with van der Waals surface area (Å²) in [4.78, 5) is 0. The van der Waals surface area contributed by atoms with Crippen LogP contribution in [0.2, 0.25) is 0 Å². The number of aromatic hydroxyl groups is 1. The van der Waals surface area contributed by atoms with Gasteiger partial charge in [-0.1, -0.05) is 46.2 Å². The SMILES string of the molecule is CCC(C)(Pc1ccc(C)cc1CS)c1cc(OC)ccc1O. The number of phenolic OH excluding ortho intramolecular Hbond substituents is 1. The average molecular weight is 348 g/mol. The second-order valence-electron chi connectivity index (χ2n) is 6.01. The van der Waals surface area contributed by atoms with Crippen LogP contribution in [0, 0.1) is 6.92 Å². The van der Waals surface area contributed by atoms with Gasteiger partial charge in [-0.3, -0.25) is 0 Å². The summed E-state index contributed by atoms with van der Waals surface area (Å²) in [5.41, 5.74) is 3.47. The molecule has 23 heavy (non-hydrogen) atoms. The highest BCUT2D eigenvalue weighted by Crippen LogP contribution is 2.48. The molecule has 0 aliphatic rings. The van der Waals surface area contributed by atoms with Crippen molar-refractivity contribution in [2.45, 2.75) is 38.1 Å². The highest BCUT2D eigenvalue weighted by Gasteiger charge is 2.29. The normalized spacial score (nSPS) is 14.1. The van der Waals surface area contributed by atoms with Crippen LogP contribution in [0.1, 0.15) is 37.0 Å². The zero-order chi connectivity index (χ0) is 17.0. The summed E-state index contributed by atoms with van der Waals surface area (Å²) in [7, 11) is 2.21. The number of rotatable bonds is 6. The summed E-state index contributed by atoms with van der Waals surface area (Å²) in [5, 5.41) is 11.6. The van der Waals surface area contributed by atoms with E-state index in [-0.39, 0.29) is 5.16 Å². The Kier molecular flexibility index (Phi) is 6.00. The van der Waals surface area contributed by atoms with E-state index in [0.717, 1.165) is 23.5 Å². The molecule has 2 aromatic carbocycles. The fourth-order valence-electron chi connectivity index (χ4n) is 2.70. The van der Waals surface area contributed by atoms with Crippen LogP contribution in [0.25, 0.3) is 0 Å². The average Bonchev–Trinajstić information content (AvgIpc) is 2.56. The highest BCUT2D eigenvalue weighted by molar-refractivity contribution is 7.79. The standard InChI is InChI=1S/C19H25O2PS/c1-5-19(3,16-11-15(21-4)7-8-17(16)20)22-18-9-6-13(2)10-14(18)12-23/h6-11,20,22-23H,5,12H2,1-4H3. The molecule has 2 nitrogen and oxygen atoms in total. The summed E-state index contributed by atoms with van der Waals surface area (Å²) >= 11 is 4.48. The van der Waals surface area contributed by atoms with Crippen molar-refractivity contribution < 1.29 is 9.84 Å². The molecule has 0 radical (unpaired) electrons. The van der Waals surface area contributed by atoms with Gasteiger partial charge in [-0.25, -0.2) is 0 Å². The van der Waals surface area contributed by atoms with Gasteiger partial charge in [0.1, 0.15) is 11.5 Å². The van der Waals surface area contributed by atoms with Crippen LogP contribution in [-0.2, 0) is 10.9 Å². The van der Waals surface area contributed by atoms with E-state index in [2.05, 4.69) is 51.6 Å². The van der Waals surface area contributed by atoms with Crippen LogP contribution < -0.4 is 10.0 Å². The molecule has 2 aromatic rings. The number of phenols is 1.